The molecule has 4 fully saturated rings. The Balaban J connectivity index is 1.82. The molecular weight excluding hydrogens is 480 g/mol. The summed E-state index contributed by atoms with van der Waals surface area (Å²) < 4.78 is 17.7. The van der Waals surface area contributed by atoms with Gasteiger partial charge in [-0.05, 0) is 57.8 Å². The molecule has 10 heteroatoms. The van der Waals surface area contributed by atoms with E-state index in [0.29, 0.717) is 19.5 Å². The van der Waals surface area contributed by atoms with Crippen LogP contribution in [0.1, 0.15) is 79.6 Å². The van der Waals surface area contributed by atoms with Crippen LogP contribution < -0.4 is 5.43 Å². The van der Waals surface area contributed by atoms with E-state index in [1.165, 1.54) is 13.0 Å². The van der Waals surface area contributed by atoms with Crippen molar-refractivity contribution in [1.29, 1.82) is 0 Å². The molecule has 2 aliphatic carbocycles. The molecule has 3 N–H and O–H groups in total. The molecule has 0 spiro atoms. The van der Waals surface area contributed by atoms with Crippen LogP contribution in [-0.4, -0.2) is 75.4 Å². The second-order valence-electron chi connectivity index (χ2n) is 12.6. The Labute approximate surface area is 218 Å². The van der Waals surface area contributed by atoms with Gasteiger partial charge >= 0.3 is 6.09 Å². The van der Waals surface area contributed by atoms with Crippen molar-refractivity contribution >= 4 is 18.3 Å². The molecule has 2 saturated carbocycles. The van der Waals surface area contributed by atoms with Crippen molar-refractivity contribution in [2.24, 2.45) is 16.7 Å². The Bertz CT molecular complexity index is 966. The third kappa shape index (κ3) is 3.94. The zero-order valence-electron chi connectivity index (χ0n) is 22.7. The number of hydrogen-bond acceptors (Lipinski definition) is 9. The normalized spacial score (nSPS) is 45.6. The molecule has 2 heterocycles. The quantitative estimate of drug-likeness (QED) is 0.283. The lowest BCUT2D eigenvalue weighted by Gasteiger charge is -2.71. The third-order valence-corrected chi connectivity index (χ3v) is 9.97. The van der Waals surface area contributed by atoms with Crippen molar-refractivity contribution in [2.75, 3.05) is 13.1 Å². The van der Waals surface area contributed by atoms with Gasteiger partial charge in [-0.25, -0.2) is 9.80 Å². The van der Waals surface area contributed by atoms with E-state index < -0.39 is 57.3 Å². The summed E-state index contributed by atoms with van der Waals surface area (Å²) in [4.78, 5) is 38.7. The van der Waals surface area contributed by atoms with Gasteiger partial charge in [0.15, 0.2) is 11.4 Å². The molecule has 4 aliphatic rings. The fourth-order valence-electron chi connectivity index (χ4n) is 7.76. The molecule has 1 amide bonds. The number of piperidine rings is 1. The number of aliphatic hydroxyl groups is 2. The van der Waals surface area contributed by atoms with Crippen LogP contribution >= 0.6 is 0 Å². The Morgan fingerprint density at radius 2 is 1.78 bits per heavy atom. The SMILES string of the molecule is C=C[C@@]1(C)CC(=O)[C@]2(O)[C@]3(C)[C@@H](C[C@H](OC=O)[C@@]2(C)O1)C(C)(C)CC[C@@]3(O)OC(=O)NN1CCCCC1. The highest BCUT2D eigenvalue weighted by Gasteiger charge is 2.83. The first kappa shape index (κ1) is 28.0. The minimum Gasteiger partial charge on any atom is -0.461 e. The van der Waals surface area contributed by atoms with Crippen molar-refractivity contribution in [2.45, 2.75) is 108 Å². The molecule has 37 heavy (non-hydrogen) atoms. The fourth-order valence-corrected chi connectivity index (χ4v) is 7.76. The van der Waals surface area contributed by atoms with E-state index in [1.807, 2.05) is 13.8 Å². The molecule has 0 aromatic carbocycles. The van der Waals surface area contributed by atoms with Crippen molar-refractivity contribution in [3.8, 4) is 0 Å². The Morgan fingerprint density at radius 1 is 1.14 bits per heavy atom. The zero-order chi connectivity index (χ0) is 27.5. The maximum Gasteiger partial charge on any atom is 0.424 e. The fraction of sp³-hybridized carbons (Fsp3) is 0.815. The molecule has 0 bridgehead atoms. The van der Waals surface area contributed by atoms with Crippen LogP contribution in [0.15, 0.2) is 12.7 Å². The van der Waals surface area contributed by atoms with E-state index in [9.17, 15) is 24.6 Å². The molecule has 2 saturated heterocycles. The molecule has 208 valence electrons. The zero-order valence-corrected chi connectivity index (χ0v) is 22.7. The number of rotatable bonds is 5. The van der Waals surface area contributed by atoms with Gasteiger partial charge in [-0.3, -0.25) is 15.0 Å². The molecular formula is C27H42N2O8. The highest BCUT2D eigenvalue weighted by atomic mass is 16.7. The number of Topliss-reactive ketones (excluding diaryl/α,β-unsaturated/α-hetero) is 1. The van der Waals surface area contributed by atoms with Crippen molar-refractivity contribution in [3.63, 3.8) is 0 Å². The van der Waals surface area contributed by atoms with Crippen molar-refractivity contribution in [3.05, 3.63) is 12.7 Å². The molecule has 10 nitrogen and oxygen atoms in total. The van der Waals surface area contributed by atoms with Gasteiger partial charge in [0.05, 0.1) is 11.0 Å². The van der Waals surface area contributed by atoms with Crippen molar-refractivity contribution in [1.82, 2.24) is 10.4 Å². The average molecular weight is 523 g/mol. The molecule has 4 rings (SSSR count). The second kappa shape index (κ2) is 9.03. The number of ether oxygens (including phenoxy) is 3. The van der Waals surface area contributed by atoms with Crippen LogP contribution in [0, 0.1) is 16.7 Å². The lowest BCUT2D eigenvalue weighted by Crippen LogP contribution is -2.86. The van der Waals surface area contributed by atoms with E-state index in [2.05, 4.69) is 12.0 Å². The summed E-state index contributed by atoms with van der Waals surface area (Å²) in [5.41, 5.74) is -4.75. The maximum atomic E-state index is 14.0. The highest BCUT2D eigenvalue weighted by molar-refractivity contribution is 5.92. The first-order valence-electron chi connectivity index (χ1n) is 13.3. The summed E-state index contributed by atoms with van der Waals surface area (Å²) in [6.45, 7) is 14.2. The number of hydrogen-bond donors (Lipinski definition) is 3. The summed E-state index contributed by atoms with van der Waals surface area (Å²) >= 11 is 0. The largest absolute Gasteiger partial charge is 0.461 e. The van der Waals surface area contributed by atoms with Crippen LogP contribution in [-0.2, 0) is 23.8 Å². The topological polar surface area (TPSA) is 135 Å². The second-order valence-corrected chi connectivity index (χ2v) is 12.6. The number of carbonyl (C=O) groups is 3. The van der Waals surface area contributed by atoms with Crippen molar-refractivity contribution < 1.29 is 38.8 Å². The average Bonchev–Trinajstić information content (AvgIpc) is 2.82. The van der Waals surface area contributed by atoms with Crippen LogP contribution in [0.4, 0.5) is 4.79 Å². The molecule has 2 aliphatic heterocycles. The minimum atomic E-state index is -2.36. The molecule has 0 radical (unpaired) electrons. The van der Waals surface area contributed by atoms with E-state index in [-0.39, 0.29) is 25.7 Å². The lowest BCUT2D eigenvalue weighted by atomic mass is 9.39. The van der Waals surface area contributed by atoms with E-state index in [0.717, 1.165) is 19.3 Å². The summed E-state index contributed by atoms with van der Waals surface area (Å²) in [7, 11) is 0. The third-order valence-electron chi connectivity index (χ3n) is 9.97. The number of carbonyl (C=O) groups excluding carboxylic acids is 3. The maximum absolute atomic E-state index is 14.0. The summed E-state index contributed by atoms with van der Waals surface area (Å²) in [5, 5.41) is 26.6. The molecule has 0 aromatic heterocycles. The predicted octanol–water partition coefficient (Wildman–Crippen LogP) is 2.61. The summed E-state index contributed by atoms with van der Waals surface area (Å²) in [5.74, 6) is -3.38. The minimum absolute atomic E-state index is 0.00399. The van der Waals surface area contributed by atoms with Gasteiger partial charge in [0.1, 0.15) is 11.7 Å². The van der Waals surface area contributed by atoms with E-state index in [4.69, 9.17) is 14.2 Å². The van der Waals surface area contributed by atoms with E-state index >= 15 is 0 Å². The standard InChI is InChI=1S/C27H42N2O8/c1-7-23(4)16-19(31)27(34)24(5)18(15-20(35-17-30)25(27,6)37-23)22(2,3)11-12-26(24,33)36-21(32)28-29-13-9-8-10-14-29/h7,17-18,20,33-34H,1,8-16H2,2-6H3,(H,28,32)/t18-,20-,23-,24+,25+,26+,27-/m0/s1. The van der Waals surface area contributed by atoms with Gasteiger partial charge in [-0.2, -0.15) is 0 Å². The first-order valence-corrected chi connectivity index (χ1v) is 13.3. The number of ketones is 1. The summed E-state index contributed by atoms with van der Waals surface area (Å²) in [6.07, 6.45) is 3.00. The Hall–Kier alpha value is -2.01. The number of amides is 1. The van der Waals surface area contributed by atoms with Crippen LogP contribution in [0.2, 0.25) is 0 Å². The molecule has 0 aromatic rings. The summed E-state index contributed by atoms with van der Waals surface area (Å²) in [6, 6.07) is 0. The van der Waals surface area contributed by atoms with Gasteiger partial charge in [-0.15, -0.1) is 6.58 Å². The van der Waals surface area contributed by atoms with Crippen LogP contribution in [0.3, 0.4) is 0 Å². The van der Waals surface area contributed by atoms with Crippen LogP contribution in [0.5, 0.6) is 0 Å². The smallest absolute Gasteiger partial charge is 0.424 e. The van der Waals surface area contributed by atoms with Gasteiger partial charge in [0, 0.05) is 25.9 Å². The predicted molar refractivity (Wildman–Crippen MR) is 133 cm³/mol. The Morgan fingerprint density at radius 3 is 2.38 bits per heavy atom. The molecule has 0 unspecified atom stereocenters. The van der Waals surface area contributed by atoms with Gasteiger partial charge in [0.2, 0.25) is 5.79 Å². The highest BCUT2D eigenvalue weighted by Crippen LogP contribution is 2.69. The number of hydrazine groups is 1. The monoisotopic (exact) mass is 522 g/mol. The van der Waals surface area contributed by atoms with Gasteiger partial charge in [-0.1, -0.05) is 26.3 Å². The van der Waals surface area contributed by atoms with Gasteiger partial charge < -0.3 is 24.4 Å². The number of nitrogens with one attached hydrogen (secondary N) is 1. The number of fused-ring (bicyclic) bond motifs is 3. The first-order chi connectivity index (χ1) is 17.1. The molecule has 7 atom stereocenters. The number of nitrogens with zero attached hydrogens (tertiary/aromatic N) is 1. The van der Waals surface area contributed by atoms with Crippen LogP contribution in [0.25, 0.3) is 0 Å². The lowest BCUT2D eigenvalue weighted by molar-refractivity contribution is -0.399. The Kier molecular flexibility index (Phi) is 6.84. The van der Waals surface area contributed by atoms with E-state index in [1.54, 1.807) is 18.9 Å². The van der Waals surface area contributed by atoms with Gasteiger partial charge in [0.25, 0.3) is 6.47 Å².